The van der Waals surface area contributed by atoms with Crippen LogP contribution in [0.3, 0.4) is 0 Å². The number of likely N-dealkylation sites (N-methyl/N-ethyl adjacent to an activating group) is 1. The second kappa shape index (κ2) is 7.28. The topological polar surface area (TPSA) is 29.5 Å². The molecule has 1 amide bonds. The lowest BCUT2D eigenvalue weighted by Crippen LogP contribution is -2.38. The van der Waals surface area contributed by atoms with Gasteiger partial charge in [0, 0.05) is 26.4 Å². The molecule has 1 heterocycles. The second-order valence-corrected chi connectivity index (χ2v) is 6.87. The van der Waals surface area contributed by atoms with Gasteiger partial charge in [-0.05, 0) is 23.5 Å². The highest BCUT2D eigenvalue weighted by Crippen LogP contribution is 2.28. The number of ether oxygens (including phenoxy) is 1. The summed E-state index contributed by atoms with van der Waals surface area (Å²) in [5.74, 6) is 1.06. The minimum atomic E-state index is 0.135. The van der Waals surface area contributed by atoms with E-state index in [-0.39, 0.29) is 12.0 Å². The molecule has 3 heteroatoms. The SMILES string of the molecule is CN(CC1Cc2ccccc2CO1)C(=O)CCC1CCCC1. The molecule has 0 bridgehead atoms. The van der Waals surface area contributed by atoms with Crippen LogP contribution < -0.4 is 0 Å². The number of benzene rings is 1. The number of hydrogen-bond acceptors (Lipinski definition) is 2. The van der Waals surface area contributed by atoms with E-state index in [0.29, 0.717) is 19.6 Å². The molecule has 120 valence electrons. The summed E-state index contributed by atoms with van der Waals surface area (Å²) < 4.78 is 5.91. The van der Waals surface area contributed by atoms with Gasteiger partial charge >= 0.3 is 0 Å². The van der Waals surface area contributed by atoms with Crippen molar-refractivity contribution in [2.24, 2.45) is 5.92 Å². The normalized spacial score (nSPS) is 21.6. The van der Waals surface area contributed by atoms with E-state index >= 15 is 0 Å². The molecular weight excluding hydrogens is 274 g/mol. The van der Waals surface area contributed by atoms with Crippen molar-refractivity contribution in [2.75, 3.05) is 13.6 Å². The summed E-state index contributed by atoms with van der Waals surface area (Å²) in [4.78, 5) is 14.2. The zero-order valence-corrected chi connectivity index (χ0v) is 13.6. The molecule has 0 aromatic heterocycles. The van der Waals surface area contributed by atoms with Gasteiger partial charge in [0.25, 0.3) is 0 Å². The van der Waals surface area contributed by atoms with Gasteiger partial charge in [-0.2, -0.15) is 0 Å². The van der Waals surface area contributed by atoms with E-state index in [1.807, 2.05) is 11.9 Å². The van der Waals surface area contributed by atoms with Gasteiger partial charge in [-0.25, -0.2) is 0 Å². The third kappa shape index (κ3) is 3.89. The average Bonchev–Trinajstić information content (AvgIpc) is 3.06. The Labute approximate surface area is 133 Å². The minimum Gasteiger partial charge on any atom is -0.371 e. The molecule has 3 rings (SSSR count). The molecule has 1 saturated carbocycles. The van der Waals surface area contributed by atoms with E-state index in [1.165, 1.54) is 36.8 Å². The van der Waals surface area contributed by atoms with Crippen molar-refractivity contribution in [1.29, 1.82) is 0 Å². The molecule has 0 saturated heterocycles. The van der Waals surface area contributed by atoms with E-state index in [2.05, 4.69) is 24.3 Å². The van der Waals surface area contributed by atoms with Crippen molar-refractivity contribution in [2.45, 2.75) is 57.7 Å². The molecule has 2 aliphatic rings. The zero-order chi connectivity index (χ0) is 15.4. The van der Waals surface area contributed by atoms with Crippen LogP contribution in [0.2, 0.25) is 0 Å². The van der Waals surface area contributed by atoms with Crippen molar-refractivity contribution in [3.63, 3.8) is 0 Å². The maximum absolute atomic E-state index is 12.3. The lowest BCUT2D eigenvalue weighted by molar-refractivity contribution is -0.132. The van der Waals surface area contributed by atoms with Crippen LogP contribution >= 0.6 is 0 Å². The molecule has 1 aliphatic carbocycles. The third-order valence-electron chi connectivity index (χ3n) is 5.18. The Morgan fingerprint density at radius 2 is 1.95 bits per heavy atom. The lowest BCUT2D eigenvalue weighted by Gasteiger charge is -2.29. The number of carbonyl (C=O) groups is 1. The Hall–Kier alpha value is -1.35. The fourth-order valence-corrected chi connectivity index (χ4v) is 3.75. The van der Waals surface area contributed by atoms with Crippen molar-refractivity contribution < 1.29 is 9.53 Å². The molecule has 1 aromatic carbocycles. The van der Waals surface area contributed by atoms with Crippen LogP contribution in [0, 0.1) is 5.92 Å². The zero-order valence-electron chi connectivity index (χ0n) is 13.6. The minimum absolute atomic E-state index is 0.135. The average molecular weight is 301 g/mol. The van der Waals surface area contributed by atoms with Gasteiger partial charge < -0.3 is 9.64 Å². The van der Waals surface area contributed by atoms with E-state index in [4.69, 9.17) is 4.74 Å². The van der Waals surface area contributed by atoms with Crippen LogP contribution in [-0.4, -0.2) is 30.5 Å². The summed E-state index contributed by atoms with van der Waals surface area (Å²) >= 11 is 0. The molecule has 1 unspecified atom stereocenters. The molecule has 0 radical (unpaired) electrons. The summed E-state index contributed by atoms with van der Waals surface area (Å²) in [6.07, 6.45) is 8.15. The summed E-state index contributed by atoms with van der Waals surface area (Å²) in [5.41, 5.74) is 2.65. The summed E-state index contributed by atoms with van der Waals surface area (Å²) in [6.45, 7) is 1.38. The lowest BCUT2D eigenvalue weighted by atomic mass is 9.98. The monoisotopic (exact) mass is 301 g/mol. The largest absolute Gasteiger partial charge is 0.371 e. The molecule has 1 fully saturated rings. The Kier molecular flexibility index (Phi) is 5.14. The molecule has 0 N–H and O–H groups in total. The number of rotatable bonds is 5. The van der Waals surface area contributed by atoms with Crippen molar-refractivity contribution >= 4 is 5.91 Å². The van der Waals surface area contributed by atoms with E-state index < -0.39 is 0 Å². The molecule has 0 spiro atoms. The molecule has 1 aliphatic heterocycles. The van der Waals surface area contributed by atoms with Gasteiger partial charge in [-0.3, -0.25) is 4.79 Å². The van der Waals surface area contributed by atoms with Gasteiger partial charge in [0.1, 0.15) is 0 Å². The summed E-state index contributed by atoms with van der Waals surface area (Å²) in [7, 11) is 1.92. The highest BCUT2D eigenvalue weighted by atomic mass is 16.5. The molecule has 22 heavy (non-hydrogen) atoms. The van der Waals surface area contributed by atoms with Crippen LogP contribution in [0.25, 0.3) is 0 Å². The Bertz CT molecular complexity index is 508. The van der Waals surface area contributed by atoms with Crippen LogP contribution in [0.4, 0.5) is 0 Å². The first-order valence-corrected chi connectivity index (χ1v) is 8.64. The second-order valence-electron chi connectivity index (χ2n) is 6.87. The smallest absolute Gasteiger partial charge is 0.222 e. The number of hydrogen-bond donors (Lipinski definition) is 0. The van der Waals surface area contributed by atoms with Crippen molar-refractivity contribution in [3.8, 4) is 0 Å². The first-order chi connectivity index (χ1) is 10.7. The van der Waals surface area contributed by atoms with Crippen LogP contribution in [0.1, 0.15) is 49.7 Å². The summed E-state index contributed by atoms with van der Waals surface area (Å²) in [5, 5.41) is 0. The van der Waals surface area contributed by atoms with Crippen LogP contribution in [0.5, 0.6) is 0 Å². The third-order valence-corrected chi connectivity index (χ3v) is 5.18. The van der Waals surface area contributed by atoms with Gasteiger partial charge in [0.2, 0.25) is 5.91 Å². The van der Waals surface area contributed by atoms with Crippen LogP contribution in [0.15, 0.2) is 24.3 Å². The Morgan fingerprint density at radius 1 is 1.23 bits per heavy atom. The van der Waals surface area contributed by atoms with Crippen molar-refractivity contribution in [1.82, 2.24) is 4.90 Å². The molecule has 3 nitrogen and oxygen atoms in total. The van der Waals surface area contributed by atoms with Gasteiger partial charge in [0.15, 0.2) is 0 Å². The highest BCUT2D eigenvalue weighted by Gasteiger charge is 2.23. The summed E-state index contributed by atoms with van der Waals surface area (Å²) in [6, 6.07) is 8.44. The molecule has 1 atom stereocenters. The fourth-order valence-electron chi connectivity index (χ4n) is 3.75. The highest BCUT2D eigenvalue weighted by molar-refractivity contribution is 5.75. The van der Waals surface area contributed by atoms with Crippen molar-refractivity contribution in [3.05, 3.63) is 35.4 Å². The predicted octanol–water partition coefficient (Wildman–Crippen LogP) is 3.56. The molecular formula is C19H27NO2. The quantitative estimate of drug-likeness (QED) is 0.832. The fraction of sp³-hybridized carbons (Fsp3) is 0.632. The van der Waals surface area contributed by atoms with E-state index in [9.17, 15) is 4.79 Å². The van der Waals surface area contributed by atoms with Gasteiger partial charge in [0.05, 0.1) is 12.7 Å². The number of fused-ring (bicyclic) bond motifs is 1. The molecule has 1 aromatic rings. The number of amides is 1. The maximum atomic E-state index is 12.3. The predicted molar refractivity (Wildman–Crippen MR) is 87.6 cm³/mol. The maximum Gasteiger partial charge on any atom is 0.222 e. The van der Waals surface area contributed by atoms with E-state index in [0.717, 1.165) is 18.8 Å². The first kappa shape index (κ1) is 15.5. The van der Waals surface area contributed by atoms with Crippen LogP contribution in [-0.2, 0) is 22.6 Å². The number of nitrogens with zero attached hydrogens (tertiary/aromatic N) is 1. The van der Waals surface area contributed by atoms with Gasteiger partial charge in [-0.15, -0.1) is 0 Å². The Balaban J connectivity index is 1.45. The Morgan fingerprint density at radius 3 is 2.73 bits per heavy atom. The standard InChI is InChI=1S/C19H27NO2/c1-20(19(21)11-10-15-6-2-3-7-15)13-18-12-16-8-4-5-9-17(16)14-22-18/h4-5,8-9,15,18H,2-3,6-7,10-14H2,1H3. The number of carbonyl (C=O) groups excluding carboxylic acids is 1. The first-order valence-electron chi connectivity index (χ1n) is 8.64. The van der Waals surface area contributed by atoms with E-state index in [1.54, 1.807) is 0 Å². The van der Waals surface area contributed by atoms with Gasteiger partial charge in [-0.1, -0.05) is 49.9 Å².